The lowest BCUT2D eigenvalue weighted by Crippen LogP contribution is -3.12. The van der Waals surface area contributed by atoms with Gasteiger partial charge in [-0.1, -0.05) is 13.8 Å². The molecule has 0 bridgehead atoms. The van der Waals surface area contributed by atoms with Gasteiger partial charge in [-0.2, -0.15) is 4.68 Å². The van der Waals surface area contributed by atoms with Gasteiger partial charge in [0.05, 0.1) is 26.3 Å². The summed E-state index contributed by atoms with van der Waals surface area (Å²) in [6, 6.07) is 7.96. The van der Waals surface area contributed by atoms with Gasteiger partial charge in [0.1, 0.15) is 5.75 Å². The van der Waals surface area contributed by atoms with Gasteiger partial charge in [0.25, 0.3) is 0 Å². The molecule has 1 aliphatic heterocycles. The Balaban J connectivity index is 1.90. The van der Waals surface area contributed by atoms with Gasteiger partial charge in [0.2, 0.25) is 4.77 Å². The van der Waals surface area contributed by atoms with Crippen molar-refractivity contribution in [1.29, 1.82) is 0 Å². The number of methoxy groups -OCH3 is 1. The zero-order chi connectivity index (χ0) is 18.7. The molecule has 2 heterocycles. The molecule has 0 atom stereocenters. The van der Waals surface area contributed by atoms with Crippen LogP contribution in [0.2, 0.25) is 0 Å². The van der Waals surface area contributed by atoms with Crippen LogP contribution in [-0.4, -0.2) is 45.8 Å². The summed E-state index contributed by atoms with van der Waals surface area (Å²) >= 11 is 5.75. The van der Waals surface area contributed by atoms with Crippen molar-refractivity contribution in [2.24, 2.45) is 5.92 Å². The summed E-state index contributed by atoms with van der Waals surface area (Å²) < 4.78 is 10.1. The molecule has 26 heavy (non-hydrogen) atoms. The van der Waals surface area contributed by atoms with Crippen molar-refractivity contribution in [3.63, 3.8) is 0 Å². The maximum atomic E-state index is 9.72. The number of rotatable bonds is 6. The summed E-state index contributed by atoms with van der Waals surface area (Å²) in [5.41, 5.74) is 1.04. The van der Waals surface area contributed by atoms with E-state index in [9.17, 15) is 5.11 Å². The summed E-state index contributed by atoms with van der Waals surface area (Å²) in [6.07, 6.45) is 1.54. The number of aliphatic hydroxyl groups is 1. The largest absolute Gasteiger partial charge is 0.497 e. The molecule has 1 saturated heterocycles. The van der Waals surface area contributed by atoms with Crippen molar-refractivity contribution in [2.45, 2.75) is 46.0 Å². The Labute approximate surface area is 160 Å². The summed E-state index contributed by atoms with van der Waals surface area (Å²) in [5, 5.41) is 14.6. The first-order valence-corrected chi connectivity index (χ1v) is 9.72. The average molecular weight is 378 g/mol. The van der Waals surface area contributed by atoms with Crippen LogP contribution in [0.3, 0.4) is 0 Å². The molecule has 0 spiro atoms. The zero-order valence-corrected chi connectivity index (χ0v) is 16.6. The standard InChI is InChI=1S/C19H28N4O2S/c1-14(2)12-22-18(15-4-6-17(25-3)7-5-15)20-23(19(22)26)13-21-10-8-16(24)9-11-21/h4-7,14,16,24H,8-13H2,1-3H3/p+1. The van der Waals surface area contributed by atoms with Gasteiger partial charge in [-0.05, 0) is 42.4 Å². The summed E-state index contributed by atoms with van der Waals surface area (Å²) in [4.78, 5) is 1.42. The maximum Gasteiger partial charge on any atom is 0.203 e. The highest BCUT2D eigenvalue weighted by atomic mass is 32.1. The molecule has 0 radical (unpaired) electrons. The van der Waals surface area contributed by atoms with Crippen LogP contribution in [0.5, 0.6) is 5.75 Å². The van der Waals surface area contributed by atoms with Gasteiger partial charge in [0, 0.05) is 24.9 Å². The van der Waals surface area contributed by atoms with Crippen LogP contribution in [0.4, 0.5) is 0 Å². The zero-order valence-electron chi connectivity index (χ0n) is 15.8. The van der Waals surface area contributed by atoms with Crippen LogP contribution < -0.4 is 9.64 Å². The molecule has 2 N–H and O–H groups in total. The van der Waals surface area contributed by atoms with Crippen LogP contribution in [0.1, 0.15) is 26.7 Å². The third kappa shape index (κ3) is 4.34. The predicted molar refractivity (Wildman–Crippen MR) is 104 cm³/mol. The number of hydrogen-bond acceptors (Lipinski definition) is 4. The summed E-state index contributed by atoms with van der Waals surface area (Å²) in [5.74, 6) is 2.22. The fourth-order valence-corrected chi connectivity index (χ4v) is 3.67. The summed E-state index contributed by atoms with van der Waals surface area (Å²) in [6.45, 7) is 7.88. The number of nitrogens with one attached hydrogen (secondary N) is 1. The summed E-state index contributed by atoms with van der Waals surface area (Å²) in [7, 11) is 1.67. The van der Waals surface area contributed by atoms with Crippen molar-refractivity contribution in [1.82, 2.24) is 14.3 Å². The Morgan fingerprint density at radius 2 is 1.92 bits per heavy atom. The van der Waals surface area contributed by atoms with Crippen molar-refractivity contribution < 1.29 is 14.7 Å². The van der Waals surface area contributed by atoms with Gasteiger partial charge in [-0.3, -0.25) is 4.57 Å². The van der Waals surface area contributed by atoms with Gasteiger partial charge >= 0.3 is 0 Å². The normalized spacial score (nSPS) is 20.5. The molecule has 2 aromatic rings. The van der Waals surface area contributed by atoms with Gasteiger partial charge in [0.15, 0.2) is 12.5 Å². The molecule has 6 nitrogen and oxygen atoms in total. The number of likely N-dealkylation sites (tertiary alicyclic amines) is 1. The van der Waals surface area contributed by atoms with E-state index in [1.807, 2.05) is 28.9 Å². The maximum absolute atomic E-state index is 9.72. The van der Waals surface area contributed by atoms with Crippen LogP contribution in [-0.2, 0) is 13.2 Å². The lowest BCUT2D eigenvalue weighted by Gasteiger charge is -2.26. The van der Waals surface area contributed by atoms with Crippen molar-refractivity contribution in [3.05, 3.63) is 29.0 Å². The highest BCUT2D eigenvalue weighted by molar-refractivity contribution is 7.71. The third-order valence-electron chi connectivity index (χ3n) is 4.85. The van der Waals surface area contributed by atoms with Crippen molar-refractivity contribution >= 4 is 12.2 Å². The first-order chi connectivity index (χ1) is 12.5. The van der Waals surface area contributed by atoms with E-state index in [0.717, 1.165) is 61.1 Å². The molecule has 0 unspecified atom stereocenters. The number of nitrogens with zero attached hydrogens (tertiary/aromatic N) is 3. The fourth-order valence-electron chi connectivity index (χ4n) is 3.41. The van der Waals surface area contributed by atoms with E-state index in [1.54, 1.807) is 7.11 Å². The van der Waals surface area contributed by atoms with Gasteiger partial charge in [-0.15, -0.1) is 5.10 Å². The second-order valence-corrected chi connectivity index (χ2v) is 7.84. The number of benzene rings is 1. The first-order valence-electron chi connectivity index (χ1n) is 9.31. The monoisotopic (exact) mass is 377 g/mol. The number of aliphatic hydroxyl groups excluding tert-OH is 1. The first kappa shape index (κ1) is 19.1. The smallest absolute Gasteiger partial charge is 0.203 e. The molecule has 1 aromatic carbocycles. The minimum atomic E-state index is -0.153. The molecule has 0 amide bonds. The second kappa shape index (κ2) is 8.33. The number of quaternary nitrogens is 1. The minimum absolute atomic E-state index is 0.153. The lowest BCUT2D eigenvalue weighted by atomic mass is 10.1. The molecule has 1 aliphatic rings. The molecular formula is C19H29N4O2S+. The van der Waals surface area contributed by atoms with E-state index >= 15 is 0 Å². The van der Waals surface area contributed by atoms with E-state index in [0.29, 0.717) is 5.92 Å². The quantitative estimate of drug-likeness (QED) is 0.753. The van der Waals surface area contributed by atoms with Crippen LogP contribution in [0, 0.1) is 10.7 Å². The minimum Gasteiger partial charge on any atom is -0.497 e. The molecule has 7 heteroatoms. The predicted octanol–water partition coefficient (Wildman–Crippen LogP) is 1.74. The molecular weight excluding hydrogens is 348 g/mol. The average Bonchev–Trinajstić information content (AvgIpc) is 2.93. The van der Waals surface area contributed by atoms with Crippen LogP contribution in [0.15, 0.2) is 24.3 Å². The highest BCUT2D eigenvalue weighted by Crippen LogP contribution is 2.22. The molecule has 0 saturated carbocycles. The number of aromatic nitrogens is 3. The third-order valence-corrected chi connectivity index (χ3v) is 5.29. The van der Waals surface area contributed by atoms with Crippen molar-refractivity contribution in [2.75, 3.05) is 20.2 Å². The Morgan fingerprint density at radius 3 is 2.50 bits per heavy atom. The van der Waals surface area contributed by atoms with E-state index in [2.05, 4.69) is 18.4 Å². The van der Waals surface area contributed by atoms with E-state index in [4.69, 9.17) is 22.1 Å². The van der Waals surface area contributed by atoms with Gasteiger partial charge in [-0.25, -0.2) is 0 Å². The number of piperidine rings is 1. The SMILES string of the molecule is COc1ccc(-c2nn(C[NH+]3CCC(O)CC3)c(=S)n2CC(C)C)cc1. The highest BCUT2D eigenvalue weighted by Gasteiger charge is 2.22. The topological polar surface area (TPSA) is 56.6 Å². The van der Waals surface area contributed by atoms with Crippen LogP contribution in [0.25, 0.3) is 11.4 Å². The molecule has 1 aromatic heterocycles. The van der Waals surface area contributed by atoms with Crippen LogP contribution >= 0.6 is 12.2 Å². The lowest BCUT2D eigenvalue weighted by molar-refractivity contribution is -0.929. The fraction of sp³-hybridized carbons (Fsp3) is 0.579. The van der Waals surface area contributed by atoms with Crippen molar-refractivity contribution in [3.8, 4) is 17.1 Å². The van der Waals surface area contributed by atoms with Gasteiger partial charge < -0.3 is 14.7 Å². The Hall–Kier alpha value is -1.70. The molecule has 142 valence electrons. The molecule has 0 aliphatic carbocycles. The molecule has 3 rings (SSSR count). The Kier molecular flexibility index (Phi) is 6.11. The van der Waals surface area contributed by atoms with E-state index < -0.39 is 0 Å². The number of hydrogen-bond donors (Lipinski definition) is 2. The Morgan fingerprint density at radius 1 is 1.27 bits per heavy atom. The van der Waals surface area contributed by atoms with E-state index in [1.165, 1.54) is 4.90 Å². The Bertz CT molecular complexity index is 774. The van der Waals surface area contributed by atoms with E-state index in [-0.39, 0.29) is 6.10 Å². The second-order valence-electron chi connectivity index (χ2n) is 7.48. The number of ether oxygens (including phenoxy) is 1. The molecule has 1 fully saturated rings.